The van der Waals surface area contributed by atoms with Crippen molar-refractivity contribution in [3.63, 3.8) is 0 Å². The summed E-state index contributed by atoms with van der Waals surface area (Å²) in [5.74, 6) is 1.18. The molecule has 0 aliphatic carbocycles. The molecule has 0 saturated heterocycles. The van der Waals surface area contributed by atoms with Crippen LogP contribution in [0.5, 0.6) is 0 Å². The van der Waals surface area contributed by atoms with Crippen molar-refractivity contribution in [2.75, 3.05) is 6.54 Å². The van der Waals surface area contributed by atoms with Gasteiger partial charge in [0.25, 0.3) is 0 Å². The number of aromatic nitrogens is 2. The zero-order chi connectivity index (χ0) is 8.55. The Balaban J connectivity index is 2.46. The number of nitrogens with zero attached hydrogens (tertiary/aromatic N) is 2. The molecule has 2 N–H and O–H groups in total. The van der Waals surface area contributed by atoms with Crippen LogP contribution >= 0.6 is 0 Å². The molecule has 0 aromatic carbocycles. The molecule has 3 heteroatoms. The van der Waals surface area contributed by atoms with Gasteiger partial charge in [-0.2, -0.15) is 0 Å². The third-order valence-electron chi connectivity index (χ3n) is 2.59. The second kappa shape index (κ2) is 2.90. The lowest BCUT2D eigenvalue weighted by Gasteiger charge is -2.11. The fourth-order valence-electron chi connectivity index (χ4n) is 2.01. The number of hydrogen-bond acceptors (Lipinski definition) is 1. The third-order valence-corrected chi connectivity index (χ3v) is 2.59. The first-order valence-electron chi connectivity index (χ1n) is 4.69. The summed E-state index contributed by atoms with van der Waals surface area (Å²) in [6.45, 7) is 7.64. The second-order valence-electron chi connectivity index (χ2n) is 3.33. The molecule has 0 amide bonds. The molecule has 12 heavy (non-hydrogen) atoms. The van der Waals surface area contributed by atoms with E-state index in [-0.39, 0.29) is 0 Å². The summed E-state index contributed by atoms with van der Waals surface area (Å²) in [4.78, 5) is 4.55. The number of hydrogen-bond donors (Lipinski definition) is 1. The van der Waals surface area contributed by atoms with Crippen LogP contribution in [0.1, 0.15) is 24.1 Å². The minimum Gasteiger partial charge on any atom is -0.341 e. The van der Waals surface area contributed by atoms with Crippen LogP contribution in [-0.2, 0) is 19.5 Å². The number of imidazole rings is 1. The summed E-state index contributed by atoms with van der Waals surface area (Å²) in [5, 5.41) is 2.33. The summed E-state index contributed by atoms with van der Waals surface area (Å²) < 4.78 is 2.34. The number of quaternary nitrogens is 1. The van der Waals surface area contributed by atoms with Gasteiger partial charge in [0.1, 0.15) is 18.1 Å². The van der Waals surface area contributed by atoms with E-state index in [1.165, 1.54) is 30.2 Å². The van der Waals surface area contributed by atoms with E-state index in [1.54, 1.807) is 0 Å². The Morgan fingerprint density at radius 2 is 2.42 bits per heavy atom. The summed E-state index contributed by atoms with van der Waals surface area (Å²) in [7, 11) is 0. The first-order valence-corrected chi connectivity index (χ1v) is 4.69. The molecule has 0 spiro atoms. The Labute approximate surface area is 72.8 Å². The van der Waals surface area contributed by atoms with Crippen molar-refractivity contribution in [2.45, 2.75) is 33.4 Å². The minimum absolute atomic E-state index is 1.06. The van der Waals surface area contributed by atoms with Crippen LogP contribution in [0, 0.1) is 6.92 Å². The highest BCUT2D eigenvalue weighted by atomic mass is 15.1. The summed E-state index contributed by atoms with van der Waals surface area (Å²) in [5.41, 5.74) is 2.78. The fraction of sp³-hybridized carbons (Fsp3) is 0.667. The smallest absolute Gasteiger partial charge is 0.120 e. The standard InChI is InChI=1S/C9H15N3/c1-3-12-7(2)11-8-6-10-5-4-9(8)12/h10H,3-6H2,1-2H3/p+1. The van der Waals surface area contributed by atoms with E-state index in [9.17, 15) is 0 Å². The zero-order valence-electron chi connectivity index (χ0n) is 7.80. The molecule has 0 saturated carbocycles. The SMILES string of the molecule is CCn1c(C)nc2c1CC[NH2+]C2. The van der Waals surface area contributed by atoms with Gasteiger partial charge in [-0.3, -0.25) is 0 Å². The van der Waals surface area contributed by atoms with Crippen LogP contribution in [0.25, 0.3) is 0 Å². The highest BCUT2D eigenvalue weighted by Crippen LogP contribution is 2.12. The van der Waals surface area contributed by atoms with Crippen LogP contribution in [-0.4, -0.2) is 16.1 Å². The van der Waals surface area contributed by atoms with Crippen molar-refractivity contribution < 1.29 is 5.32 Å². The predicted molar refractivity (Wildman–Crippen MR) is 46.8 cm³/mol. The van der Waals surface area contributed by atoms with Crippen LogP contribution in [0.3, 0.4) is 0 Å². The lowest BCUT2D eigenvalue weighted by atomic mass is 10.2. The van der Waals surface area contributed by atoms with E-state index in [4.69, 9.17) is 0 Å². The molecule has 2 heterocycles. The number of aryl methyl sites for hydroxylation is 1. The van der Waals surface area contributed by atoms with E-state index < -0.39 is 0 Å². The van der Waals surface area contributed by atoms with Crippen molar-refractivity contribution >= 4 is 0 Å². The lowest BCUT2D eigenvalue weighted by Crippen LogP contribution is -2.84. The normalized spacial score (nSPS) is 16.2. The summed E-state index contributed by atoms with van der Waals surface area (Å²) in [6, 6.07) is 0. The van der Waals surface area contributed by atoms with Crippen LogP contribution in [0.15, 0.2) is 0 Å². The number of fused-ring (bicyclic) bond motifs is 1. The average molecular weight is 166 g/mol. The number of nitrogens with two attached hydrogens (primary N) is 1. The number of rotatable bonds is 1. The van der Waals surface area contributed by atoms with E-state index >= 15 is 0 Å². The molecule has 0 atom stereocenters. The Hall–Kier alpha value is -0.830. The van der Waals surface area contributed by atoms with Crippen LogP contribution in [0.2, 0.25) is 0 Å². The predicted octanol–water partition coefficient (Wildman–Crippen LogP) is -0.169. The average Bonchev–Trinajstić information content (AvgIpc) is 2.40. The Morgan fingerprint density at radius 3 is 3.17 bits per heavy atom. The van der Waals surface area contributed by atoms with Crippen LogP contribution in [0.4, 0.5) is 0 Å². The molecule has 1 aromatic heterocycles. The van der Waals surface area contributed by atoms with Gasteiger partial charge >= 0.3 is 0 Å². The third kappa shape index (κ3) is 1.05. The monoisotopic (exact) mass is 166 g/mol. The zero-order valence-corrected chi connectivity index (χ0v) is 7.80. The molecule has 0 bridgehead atoms. The van der Waals surface area contributed by atoms with E-state index in [1.807, 2.05) is 0 Å². The minimum atomic E-state index is 1.06. The van der Waals surface area contributed by atoms with Crippen molar-refractivity contribution in [1.29, 1.82) is 0 Å². The molecule has 2 rings (SSSR count). The molecule has 0 unspecified atom stereocenters. The molecule has 0 radical (unpaired) electrons. The lowest BCUT2D eigenvalue weighted by molar-refractivity contribution is -0.674. The molecule has 1 aromatic rings. The van der Waals surface area contributed by atoms with Crippen LogP contribution < -0.4 is 5.32 Å². The molecule has 1 aliphatic rings. The first-order chi connectivity index (χ1) is 5.83. The van der Waals surface area contributed by atoms with E-state index in [0.29, 0.717) is 0 Å². The summed E-state index contributed by atoms with van der Waals surface area (Å²) >= 11 is 0. The van der Waals surface area contributed by atoms with Gasteiger partial charge in [0.15, 0.2) is 0 Å². The molecule has 1 aliphatic heterocycles. The van der Waals surface area contributed by atoms with Gasteiger partial charge < -0.3 is 9.88 Å². The maximum Gasteiger partial charge on any atom is 0.120 e. The largest absolute Gasteiger partial charge is 0.341 e. The van der Waals surface area contributed by atoms with Gasteiger partial charge in [0, 0.05) is 13.0 Å². The molecule has 0 fully saturated rings. The van der Waals surface area contributed by atoms with Gasteiger partial charge in [-0.05, 0) is 13.8 Å². The molecular weight excluding hydrogens is 150 g/mol. The van der Waals surface area contributed by atoms with Gasteiger partial charge in [-0.1, -0.05) is 0 Å². The Morgan fingerprint density at radius 1 is 1.58 bits per heavy atom. The maximum absolute atomic E-state index is 4.55. The summed E-state index contributed by atoms with van der Waals surface area (Å²) in [6.07, 6.45) is 1.18. The maximum atomic E-state index is 4.55. The van der Waals surface area contributed by atoms with Gasteiger partial charge in [-0.15, -0.1) is 0 Å². The molecule has 66 valence electrons. The van der Waals surface area contributed by atoms with E-state index in [2.05, 4.69) is 28.7 Å². The first kappa shape index (κ1) is 7.80. The molecule has 3 nitrogen and oxygen atoms in total. The second-order valence-corrected chi connectivity index (χ2v) is 3.33. The van der Waals surface area contributed by atoms with Gasteiger partial charge in [0.05, 0.1) is 12.2 Å². The van der Waals surface area contributed by atoms with Crippen molar-refractivity contribution in [3.05, 3.63) is 17.2 Å². The Bertz CT molecular complexity index is 288. The topological polar surface area (TPSA) is 34.4 Å². The highest BCUT2D eigenvalue weighted by molar-refractivity contribution is 5.17. The quantitative estimate of drug-likeness (QED) is 0.617. The van der Waals surface area contributed by atoms with Crippen molar-refractivity contribution in [2.24, 2.45) is 0 Å². The molecular formula is C9H16N3+. The highest BCUT2D eigenvalue weighted by Gasteiger charge is 2.18. The van der Waals surface area contributed by atoms with Gasteiger partial charge in [0.2, 0.25) is 0 Å². The van der Waals surface area contributed by atoms with Gasteiger partial charge in [-0.25, -0.2) is 4.98 Å². The fourth-order valence-corrected chi connectivity index (χ4v) is 2.01. The van der Waals surface area contributed by atoms with Crippen molar-refractivity contribution in [1.82, 2.24) is 9.55 Å². The van der Waals surface area contributed by atoms with E-state index in [0.717, 1.165) is 13.1 Å². The Kier molecular flexibility index (Phi) is 1.89. The van der Waals surface area contributed by atoms with Crippen molar-refractivity contribution in [3.8, 4) is 0 Å².